The maximum absolute atomic E-state index is 5.55. The van der Waals surface area contributed by atoms with Crippen LogP contribution in [-0.4, -0.2) is 25.5 Å². The summed E-state index contributed by atoms with van der Waals surface area (Å²) in [6, 6.07) is 4.65. The molecule has 1 aliphatic rings. The Bertz CT molecular complexity index is 307. The number of nitrogens with one attached hydrogen (secondary N) is 1. The first kappa shape index (κ1) is 12.0. The highest BCUT2D eigenvalue weighted by atomic mass is 32.1. The van der Waals surface area contributed by atoms with Crippen LogP contribution in [-0.2, 0) is 9.47 Å². The quantitative estimate of drug-likeness (QED) is 0.859. The van der Waals surface area contributed by atoms with E-state index in [0.29, 0.717) is 6.04 Å². The molecule has 1 fully saturated rings. The smallest absolute Gasteiger partial charge is 0.166 e. The van der Waals surface area contributed by atoms with Gasteiger partial charge in [0.25, 0.3) is 0 Å². The molecular formula is C12H19NO2S. The molecule has 2 heterocycles. The Balaban J connectivity index is 1.72. The standard InChI is InChI=1S/C12H19NO2S/c1-10(11-4-3-9-16-11)13-6-5-12(2)14-7-8-15-12/h3-4,9-10,13H,5-8H2,1-2H3. The minimum atomic E-state index is -0.373. The maximum Gasteiger partial charge on any atom is 0.166 e. The Kier molecular flexibility index (Phi) is 3.97. The van der Waals surface area contributed by atoms with Gasteiger partial charge in [0.15, 0.2) is 5.79 Å². The minimum Gasteiger partial charge on any atom is -0.348 e. The highest BCUT2D eigenvalue weighted by Gasteiger charge is 2.30. The van der Waals surface area contributed by atoms with Crippen molar-refractivity contribution in [3.63, 3.8) is 0 Å². The van der Waals surface area contributed by atoms with Gasteiger partial charge in [-0.1, -0.05) is 6.07 Å². The summed E-state index contributed by atoms with van der Waals surface area (Å²) in [6.45, 7) is 6.55. The predicted molar refractivity (Wildman–Crippen MR) is 65.7 cm³/mol. The van der Waals surface area contributed by atoms with Crippen LogP contribution in [0.15, 0.2) is 17.5 Å². The van der Waals surface area contributed by atoms with Crippen molar-refractivity contribution in [1.29, 1.82) is 0 Å². The molecule has 1 unspecified atom stereocenters. The lowest BCUT2D eigenvalue weighted by atomic mass is 10.2. The van der Waals surface area contributed by atoms with E-state index in [-0.39, 0.29) is 5.79 Å². The van der Waals surface area contributed by atoms with Gasteiger partial charge in [0, 0.05) is 23.9 Å². The van der Waals surface area contributed by atoms with Crippen LogP contribution in [0.3, 0.4) is 0 Å². The van der Waals surface area contributed by atoms with Crippen molar-refractivity contribution in [3.8, 4) is 0 Å². The lowest BCUT2D eigenvalue weighted by Gasteiger charge is -2.23. The molecule has 16 heavy (non-hydrogen) atoms. The lowest BCUT2D eigenvalue weighted by Crippen LogP contribution is -2.31. The fourth-order valence-electron chi connectivity index (χ4n) is 1.86. The van der Waals surface area contributed by atoms with Crippen molar-refractivity contribution < 1.29 is 9.47 Å². The molecule has 1 aliphatic heterocycles. The topological polar surface area (TPSA) is 30.5 Å². The molecule has 90 valence electrons. The van der Waals surface area contributed by atoms with Crippen molar-refractivity contribution in [1.82, 2.24) is 5.32 Å². The predicted octanol–water partition coefficient (Wildman–Crippen LogP) is 2.55. The van der Waals surface area contributed by atoms with Crippen LogP contribution in [0.5, 0.6) is 0 Å². The summed E-state index contributed by atoms with van der Waals surface area (Å²) in [5.74, 6) is -0.373. The molecule has 1 atom stereocenters. The molecule has 2 rings (SSSR count). The number of hydrogen-bond donors (Lipinski definition) is 1. The van der Waals surface area contributed by atoms with Crippen molar-refractivity contribution in [3.05, 3.63) is 22.4 Å². The average Bonchev–Trinajstić information content (AvgIpc) is 2.88. The number of rotatable bonds is 5. The van der Waals surface area contributed by atoms with Crippen molar-refractivity contribution in [2.75, 3.05) is 19.8 Å². The zero-order valence-corrected chi connectivity index (χ0v) is 10.7. The Hall–Kier alpha value is -0.420. The molecular weight excluding hydrogens is 222 g/mol. The minimum absolute atomic E-state index is 0.373. The summed E-state index contributed by atoms with van der Waals surface area (Å²) in [5.41, 5.74) is 0. The Labute approximate surface area is 101 Å². The molecule has 0 aromatic carbocycles. The first-order valence-corrected chi connectivity index (χ1v) is 6.62. The Morgan fingerprint density at radius 3 is 2.88 bits per heavy atom. The second-order valence-corrected chi connectivity index (χ2v) is 5.25. The van der Waals surface area contributed by atoms with E-state index in [2.05, 4.69) is 29.8 Å². The van der Waals surface area contributed by atoms with Gasteiger partial charge in [0.05, 0.1) is 13.2 Å². The van der Waals surface area contributed by atoms with Crippen LogP contribution in [0, 0.1) is 0 Å². The summed E-state index contributed by atoms with van der Waals surface area (Å²) in [6.07, 6.45) is 0.892. The number of hydrogen-bond acceptors (Lipinski definition) is 4. The molecule has 0 radical (unpaired) electrons. The molecule has 1 aromatic heterocycles. The fourth-order valence-corrected chi connectivity index (χ4v) is 2.61. The van der Waals surface area contributed by atoms with E-state index < -0.39 is 0 Å². The van der Waals surface area contributed by atoms with Gasteiger partial charge in [0.1, 0.15) is 0 Å². The number of ether oxygens (including phenoxy) is 2. The van der Waals surface area contributed by atoms with E-state index in [1.807, 2.05) is 6.92 Å². The van der Waals surface area contributed by atoms with Crippen LogP contribution in [0.2, 0.25) is 0 Å². The van der Waals surface area contributed by atoms with E-state index in [0.717, 1.165) is 26.2 Å². The molecule has 1 N–H and O–H groups in total. The van der Waals surface area contributed by atoms with Gasteiger partial charge in [-0.3, -0.25) is 0 Å². The van der Waals surface area contributed by atoms with Crippen molar-refractivity contribution in [2.24, 2.45) is 0 Å². The third-order valence-corrected chi connectivity index (χ3v) is 3.95. The first-order valence-electron chi connectivity index (χ1n) is 5.74. The van der Waals surface area contributed by atoms with Gasteiger partial charge in [-0.2, -0.15) is 0 Å². The molecule has 4 heteroatoms. The molecule has 0 saturated carbocycles. The van der Waals surface area contributed by atoms with Gasteiger partial charge in [-0.15, -0.1) is 11.3 Å². The van der Waals surface area contributed by atoms with Crippen LogP contribution in [0.1, 0.15) is 31.2 Å². The molecule has 1 saturated heterocycles. The van der Waals surface area contributed by atoms with Crippen molar-refractivity contribution >= 4 is 11.3 Å². The highest BCUT2D eigenvalue weighted by molar-refractivity contribution is 7.10. The van der Waals surface area contributed by atoms with E-state index in [9.17, 15) is 0 Å². The zero-order chi connectivity index (χ0) is 11.4. The van der Waals surface area contributed by atoms with Gasteiger partial charge >= 0.3 is 0 Å². The summed E-state index contributed by atoms with van der Waals surface area (Å²) < 4.78 is 11.1. The summed E-state index contributed by atoms with van der Waals surface area (Å²) in [5, 5.41) is 5.60. The van der Waals surface area contributed by atoms with E-state index in [1.165, 1.54) is 4.88 Å². The molecule has 3 nitrogen and oxygen atoms in total. The van der Waals surface area contributed by atoms with Gasteiger partial charge < -0.3 is 14.8 Å². The van der Waals surface area contributed by atoms with E-state index >= 15 is 0 Å². The molecule has 0 bridgehead atoms. The third kappa shape index (κ3) is 3.04. The second-order valence-electron chi connectivity index (χ2n) is 4.27. The summed E-state index contributed by atoms with van der Waals surface area (Å²) >= 11 is 1.79. The second kappa shape index (κ2) is 5.27. The number of thiophene rings is 1. The van der Waals surface area contributed by atoms with E-state index in [4.69, 9.17) is 9.47 Å². The van der Waals surface area contributed by atoms with Crippen molar-refractivity contribution in [2.45, 2.75) is 32.1 Å². The van der Waals surface area contributed by atoms with Gasteiger partial charge in [-0.05, 0) is 25.3 Å². The fraction of sp³-hybridized carbons (Fsp3) is 0.667. The lowest BCUT2D eigenvalue weighted by molar-refractivity contribution is -0.145. The van der Waals surface area contributed by atoms with Crippen LogP contribution < -0.4 is 5.32 Å². The average molecular weight is 241 g/mol. The maximum atomic E-state index is 5.55. The van der Waals surface area contributed by atoms with Gasteiger partial charge in [0.2, 0.25) is 0 Å². The van der Waals surface area contributed by atoms with Gasteiger partial charge in [-0.25, -0.2) is 0 Å². The van der Waals surface area contributed by atoms with Crippen LogP contribution >= 0.6 is 11.3 Å². The largest absolute Gasteiger partial charge is 0.348 e. The van der Waals surface area contributed by atoms with Crippen LogP contribution in [0.25, 0.3) is 0 Å². The Morgan fingerprint density at radius 1 is 1.50 bits per heavy atom. The first-order chi connectivity index (χ1) is 7.70. The molecule has 1 aromatic rings. The normalized spacial score (nSPS) is 21.1. The molecule has 0 aliphatic carbocycles. The third-order valence-electron chi connectivity index (χ3n) is 2.90. The summed E-state index contributed by atoms with van der Waals surface area (Å²) in [4.78, 5) is 1.37. The highest BCUT2D eigenvalue weighted by Crippen LogP contribution is 2.23. The molecule has 0 amide bonds. The Morgan fingerprint density at radius 2 is 2.25 bits per heavy atom. The monoisotopic (exact) mass is 241 g/mol. The SMILES string of the molecule is CC(NCCC1(C)OCCO1)c1cccs1. The zero-order valence-electron chi connectivity index (χ0n) is 9.86. The summed E-state index contributed by atoms with van der Waals surface area (Å²) in [7, 11) is 0. The molecule has 0 spiro atoms. The van der Waals surface area contributed by atoms with Crippen LogP contribution in [0.4, 0.5) is 0 Å². The van der Waals surface area contributed by atoms with E-state index in [1.54, 1.807) is 11.3 Å².